The molecule has 0 spiro atoms. The van der Waals surface area contributed by atoms with Crippen molar-refractivity contribution in [2.75, 3.05) is 5.32 Å². The summed E-state index contributed by atoms with van der Waals surface area (Å²) in [6, 6.07) is 16.0. The van der Waals surface area contributed by atoms with E-state index in [1.165, 1.54) is 17.4 Å². The summed E-state index contributed by atoms with van der Waals surface area (Å²) in [6.45, 7) is 1.88. The summed E-state index contributed by atoms with van der Waals surface area (Å²) in [5, 5.41) is 3.49. The van der Waals surface area contributed by atoms with E-state index in [9.17, 15) is 9.18 Å². The molecule has 1 amide bonds. The quantitative estimate of drug-likeness (QED) is 0.770. The number of aromatic nitrogens is 1. The number of anilines is 1. The fourth-order valence-corrected chi connectivity index (χ4v) is 3.27. The molecule has 0 aliphatic heterocycles. The van der Waals surface area contributed by atoms with Crippen LogP contribution in [0, 0.1) is 12.7 Å². The first kappa shape index (κ1) is 15.4. The number of para-hydroxylation sites is 1. The van der Waals surface area contributed by atoms with Gasteiger partial charge in [0.1, 0.15) is 10.8 Å². The predicted molar refractivity (Wildman–Crippen MR) is 91.0 cm³/mol. The summed E-state index contributed by atoms with van der Waals surface area (Å²) in [6.07, 6.45) is 0.185. The highest BCUT2D eigenvalue weighted by molar-refractivity contribution is 7.15. The zero-order chi connectivity index (χ0) is 16.2. The fraction of sp³-hybridized carbons (Fsp3) is 0.111. The van der Waals surface area contributed by atoms with Crippen LogP contribution in [-0.4, -0.2) is 10.9 Å². The first-order valence-corrected chi connectivity index (χ1v) is 8.01. The molecule has 0 saturated carbocycles. The molecule has 1 N–H and O–H groups in total. The van der Waals surface area contributed by atoms with Crippen LogP contribution in [0.1, 0.15) is 10.6 Å². The van der Waals surface area contributed by atoms with E-state index in [1.807, 2.05) is 37.3 Å². The van der Waals surface area contributed by atoms with Gasteiger partial charge in [-0.05, 0) is 19.1 Å². The van der Waals surface area contributed by atoms with Crippen LogP contribution in [0.5, 0.6) is 0 Å². The molecule has 0 saturated heterocycles. The van der Waals surface area contributed by atoms with Crippen molar-refractivity contribution >= 4 is 22.9 Å². The molecule has 1 aromatic heterocycles. The smallest absolute Gasteiger partial charge is 0.229 e. The Morgan fingerprint density at radius 3 is 2.57 bits per heavy atom. The molecule has 2 aromatic carbocycles. The summed E-state index contributed by atoms with van der Waals surface area (Å²) >= 11 is 1.49. The lowest BCUT2D eigenvalue weighted by molar-refractivity contribution is -0.115. The second-order valence-electron chi connectivity index (χ2n) is 5.10. The van der Waals surface area contributed by atoms with Gasteiger partial charge in [-0.2, -0.15) is 0 Å². The minimum atomic E-state index is -0.438. The highest BCUT2D eigenvalue weighted by atomic mass is 32.1. The van der Waals surface area contributed by atoms with Gasteiger partial charge >= 0.3 is 0 Å². The number of hydrogen-bond donors (Lipinski definition) is 1. The second-order valence-corrected chi connectivity index (χ2v) is 6.18. The topological polar surface area (TPSA) is 42.0 Å². The Morgan fingerprint density at radius 1 is 1.13 bits per heavy atom. The van der Waals surface area contributed by atoms with E-state index in [-0.39, 0.29) is 18.0 Å². The lowest BCUT2D eigenvalue weighted by atomic mass is 10.2. The number of aryl methyl sites for hydroxylation is 1. The monoisotopic (exact) mass is 326 g/mol. The Balaban J connectivity index is 1.74. The molecule has 0 unspecified atom stereocenters. The van der Waals surface area contributed by atoms with Gasteiger partial charge in [-0.3, -0.25) is 4.79 Å². The Morgan fingerprint density at radius 2 is 1.83 bits per heavy atom. The van der Waals surface area contributed by atoms with Crippen molar-refractivity contribution in [2.24, 2.45) is 0 Å². The van der Waals surface area contributed by atoms with Crippen molar-refractivity contribution in [1.29, 1.82) is 0 Å². The van der Waals surface area contributed by atoms with Crippen molar-refractivity contribution in [2.45, 2.75) is 13.3 Å². The largest absolute Gasteiger partial charge is 0.323 e. The van der Waals surface area contributed by atoms with Gasteiger partial charge in [0, 0.05) is 10.4 Å². The van der Waals surface area contributed by atoms with E-state index in [2.05, 4.69) is 10.3 Å². The Hall–Kier alpha value is -2.53. The second kappa shape index (κ2) is 6.71. The molecule has 0 aliphatic carbocycles. The van der Waals surface area contributed by atoms with Gasteiger partial charge in [0.15, 0.2) is 0 Å². The highest BCUT2D eigenvalue weighted by Crippen LogP contribution is 2.28. The molecular weight excluding hydrogens is 311 g/mol. The third kappa shape index (κ3) is 3.63. The summed E-state index contributed by atoms with van der Waals surface area (Å²) in [7, 11) is 0. The van der Waals surface area contributed by atoms with Crippen molar-refractivity contribution in [3.63, 3.8) is 0 Å². The molecular formula is C18H15FN2OS. The van der Waals surface area contributed by atoms with E-state index < -0.39 is 5.82 Å². The van der Waals surface area contributed by atoms with E-state index in [0.29, 0.717) is 0 Å². The maximum atomic E-state index is 13.6. The molecule has 0 bridgehead atoms. The fourth-order valence-electron chi connectivity index (χ4n) is 2.20. The zero-order valence-corrected chi connectivity index (χ0v) is 13.4. The van der Waals surface area contributed by atoms with Gasteiger partial charge in [0.25, 0.3) is 0 Å². The third-order valence-corrected chi connectivity index (χ3v) is 4.59. The van der Waals surface area contributed by atoms with Crippen LogP contribution in [0.15, 0.2) is 54.6 Å². The van der Waals surface area contributed by atoms with Crippen LogP contribution in [0.4, 0.5) is 10.1 Å². The van der Waals surface area contributed by atoms with E-state index >= 15 is 0 Å². The summed E-state index contributed by atoms with van der Waals surface area (Å²) in [4.78, 5) is 17.5. The van der Waals surface area contributed by atoms with Crippen molar-refractivity contribution in [3.05, 3.63) is 71.0 Å². The first-order valence-electron chi connectivity index (χ1n) is 7.19. The molecule has 23 heavy (non-hydrogen) atoms. The number of amides is 1. The number of halogens is 1. The minimum absolute atomic E-state index is 0.185. The van der Waals surface area contributed by atoms with Crippen LogP contribution in [-0.2, 0) is 11.2 Å². The number of nitrogens with one attached hydrogen (secondary N) is 1. The van der Waals surface area contributed by atoms with Gasteiger partial charge in [-0.1, -0.05) is 42.5 Å². The van der Waals surface area contributed by atoms with Crippen molar-refractivity contribution < 1.29 is 9.18 Å². The number of hydrogen-bond acceptors (Lipinski definition) is 3. The Kier molecular flexibility index (Phi) is 4.48. The lowest BCUT2D eigenvalue weighted by Crippen LogP contribution is -2.15. The van der Waals surface area contributed by atoms with Crippen LogP contribution in [0.2, 0.25) is 0 Å². The zero-order valence-electron chi connectivity index (χ0n) is 12.5. The number of carbonyl (C=O) groups excluding carboxylic acids is 1. The average molecular weight is 326 g/mol. The molecule has 0 atom stereocenters. The van der Waals surface area contributed by atoms with Crippen molar-refractivity contribution in [1.82, 2.24) is 4.98 Å². The van der Waals surface area contributed by atoms with Crippen LogP contribution >= 0.6 is 11.3 Å². The molecule has 116 valence electrons. The van der Waals surface area contributed by atoms with Crippen LogP contribution < -0.4 is 5.32 Å². The molecule has 1 heterocycles. The number of rotatable bonds is 4. The normalized spacial score (nSPS) is 10.5. The molecule has 3 rings (SSSR count). The number of nitrogens with zero attached hydrogens (tertiary/aromatic N) is 1. The molecule has 3 aromatic rings. The number of benzene rings is 2. The van der Waals surface area contributed by atoms with Crippen LogP contribution in [0.3, 0.4) is 0 Å². The summed E-state index contributed by atoms with van der Waals surface area (Å²) in [5.74, 6) is -0.687. The summed E-state index contributed by atoms with van der Waals surface area (Å²) < 4.78 is 13.6. The van der Waals surface area contributed by atoms with Crippen molar-refractivity contribution in [3.8, 4) is 10.6 Å². The summed E-state index contributed by atoms with van der Waals surface area (Å²) in [5.41, 5.74) is 2.06. The van der Waals surface area contributed by atoms with E-state index in [1.54, 1.807) is 18.2 Å². The average Bonchev–Trinajstić information content (AvgIpc) is 2.91. The standard InChI is InChI=1S/C18H15FN2OS/c1-12-16(23-18(20-12)13-7-3-2-4-8-13)11-17(22)21-15-10-6-5-9-14(15)19/h2-10H,11H2,1H3,(H,21,22). The molecule has 0 radical (unpaired) electrons. The maximum Gasteiger partial charge on any atom is 0.229 e. The number of carbonyl (C=O) groups is 1. The van der Waals surface area contributed by atoms with Gasteiger partial charge in [0.2, 0.25) is 5.91 Å². The number of thiazole rings is 1. The SMILES string of the molecule is Cc1nc(-c2ccccc2)sc1CC(=O)Nc1ccccc1F. The molecule has 3 nitrogen and oxygen atoms in total. The first-order chi connectivity index (χ1) is 11.1. The molecule has 5 heteroatoms. The molecule has 0 aliphatic rings. The molecule has 0 fully saturated rings. The highest BCUT2D eigenvalue weighted by Gasteiger charge is 2.14. The van der Waals surface area contributed by atoms with E-state index in [0.717, 1.165) is 21.1 Å². The lowest BCUT2D eigenvalue weighted by Gasteiger charge is -2.05. The Bertz CT molecular complexity index is 830. The van der Waals surface area contributed by atoms with Gasteiger partial charge in [0.05, 0.1) is 17.8 Å². The van der Waals surface area contributed by atoms with Gasteiger partial charge in [-0.25, -0.2) is 9.37 Å². The Labute approximate surface area is 137 Å². The predicted octanol–water partition coefficient (Wildman–Crippen LogP) is 4.44. The van der Waals surface area contributed by atoms with Gasteiger partial charge < -0.3 is 5.32 Å². The third-order valence-electron chi connectivity index (χ3n) is 3.38. The van der Waals surface area contributed by atoms with Crippen LogP contribution in [0.25, 0.3) is 10.6 Å². The maximum absolute atomic E-state index is 13.6. The minimum Gasteiger partial charge on any atom is -0.323 e. The van der Waals surface area contributed by atoms with Gasteiger partial charge in [-0.15, -0.1) is 11.3 Å². The van der Waals surface area contributed by atoms with E-state index in [4.69, 9.17) is 0 Å².